The van der Waals surface area contributed by atoms with Crippen LogP contribution in [-0.2, 0) is 4.74 Å². The minimum Gasteiger partial charge on any atom is -0.464 e. The van der Waals surface area contributed by atoms with Crippen LogP contribution in [0, 0.1) is 0 Å². The standard InChI is InChI=1S/C12H18N2O3/c1-8(6-9(2)15)14-10-4-5-13-11(7-10)12(16)17-3/h4-5,7-9,15H,6H2,1-3H3,(H,13,14). The van der Waals surface area contributed by atoms with E-state index in [9.17, 15) is 9.90 Å². The molecule has 1 aromatic rings. The van der Waals surface area contributed by atoms with E-state index in [1.54, 1.807) is 25.3 Å². The molecule has 0 aliphatic rings. The van der Waals surface area contributed by atoms with E-state index in [1.165, 1.54) is 7.11 Å². The molecule has 17 heavy (non-hydrogen) atoms. The van der Waals surface area contributed by atoms with Gasteiger partial charge in [-0.05, 0) is 32.4 Å². The molecule has 0 bridgehead atoms. The number of ether oxygens (including phenoxy) is 1. The number of aliphatic hydroxyl groups is 1. The number of anilines is 1. The molecule has 2 unspecified atom stereocenters. The van der Waals surface area contributed by atoms with Crippen molar-refractivity contribution in [2.24, 2.45) is 0 Å². The van der Waals surface area contributed by atoms with E-state index in [2.05, 4.69) is 15.0 Å². The van der Waals surface area contributed by atoms with E-state index in [-0.39, 0.29) is 17.8 Å². The highest BCUT2D eigenvalue weighted by Crippen LogP contribution is 2.12. The summed E-state index contributed by atoms with van der Waals surface area (Å²) in [5.74, 6) is -0.461. The van der Waals surface area contributed by atoms with Crippen LogP contribution in [0.2, 0.25) is 0 Å². The molecule has 0 amide bonds. The fourth-order valence-corrected chi connectivity index (χ4v) is 1.59. The van der Waals surface area contributed by atoms with Gasteiger partial charge in [0.15, 0.2) is 0 Å². The Morgan fingerprint density at radius 1 is 1.59 bits per heavy atom. The number of hydrogen-bond acceptors (Lipinski definition) is 5. The van der Waals surface area contributed by atoms with Gasteiger partial charge in [0.25, 0.3) is 0 Å². The van der Waals surface area contributed by atoms with Crippen LogP contribution in [0.1, 0.15) is 30.8 Å². The van der Waals surface area contributed by atoms with Gasteiger partial charge in [0, 0.05) is 17.9 Å². The van der Waals surface area contributed by atoms with Crippen molar-refractivity contribution in [2.75, 3.05) is 12.4 Å². The number of nitrogens with zero attached hydrogens (tertiary/aromatic N) is 1. The predicted octanol–water partition coefficient (Wildman–Crippen LogP) is 1.44. The maximum absolute atomic E-state index is 11.3. The van der Waals surface area contributed by atoms with Crippen LogP contribution in [-0.4, -0.2) is 35.3 Å². The highest BCUT2D eigenvalue weighted by molar-refractivity contribution is 5.88. The summed E-state index contributed by atoms with van der Waals surface area (Å²) in [6, 6.07) is 3.51. The summed E-state index contributed by atoms with van der Waals surface area (Å²) in [6.45, 7) is 3.70. The average Bonchev–Trinajstić information content (AvgIpc) is 2.27. The van der Waals surface area contributed by atoms with Gasteiger partial charge in [-0.25, -0.2) is 9.78 Å². The maximum atomic E-state index is 11.3. The first-order valence-corrected chi connectivity index (χ1v) is 5.52. The van der Waals surface area contributed by atoms with Crippen molar-refractivity contribution in [1.29, 1.82) is 0 Å². The molecule has 5 nitrogen and oxygen atoms in total. The third-order valence-corrected chi connectivity index (χ3v) is 2.26. The number of rotatable bonds is 5. The Hall–Kier alpha value is -1.62. The Morgan fingerprint density at radius 2 is 2.29 bits per heavy atom. The van der Waals surface area contributed by atoms with Gasteiger partial charge in [-0.2, -0.15) is 0 Å². The third kappa shape index (κ3) is 4.40. The van der Waals surface area contributed by atoms with Crippen LogP contribution in [0.3, 0.4) is 0 Å². The minimum atomic E-state index is -0.461. The van der Waals surface area contributed by atoms with Gasteiger partial charge in [-0.15, -0.1) is 0 Å². The molecule has 94 valence electrons. The van der Waals surface area contributed by atoms with E-state index in [0.717, 1.165) is 5.69 Å². The number of nitrogens with one attached hydrogen (secondary N) is 1. The van der Waals surface area contributed by atoms with Crippen LogP contribution in [0.15, 0.2) is 18.3 Å². The molecular formula is C12H18N2O3. The Labute approximate surface area is 101 Å². The van der Waals surface area contributed by atoms with Gasteiger partial charge >= 0.3 is 5.97 Å². The van der Waals surface area contributed by atoms with Crippen molar-refractivity contribution in [2.45, 2.75) is 32.4 Å². The summed E-state index contributed by atoms with van der Waals surface area (Å²) in [5, 5.41) is 12.4. The fourth-order valence-electron chi connectivity index (χ4n) is 1.59. The first kappa shape index (κ1) is 13.4. The van der Waals surface area contributed by atoms with Gasteiger partial charge < -0.3 is 15.2 Å². The van der Waals surface area contributed by atoms with Crippen molar-refractivity contribution >= 4 is 11.7 Å². The summed E-state index contributed by atoms with van der Waals surface area (Å²) in [5.41, 5.74) is 1.05. The van der Waals surface area contributed by atoms with Gasteiger partial charge in [-0.3, -0.25) is 0 Å². The van der Waals surface area contributed by atoms with E-state index in [1.807, 2.05) is 6.92 Å². The van der Waals surface area contributed by atoms with Crippen LogP contribution in [0.4, 0.5) is 5.69 Å². The summed E-state index contributed by atoms with van der Waals surface area (Å²) >= 11 is 0. The molecular weight excluding hydrogens is 220 g/mol. The number of aliphatic hydroxyl groups excluding tert-OH is 1. The second kappa shape index (κ2) is 6.20. The lowest BCUT2D eigenvalue weighted by molar-refractivity contribution is 0.0594. The first-order chi connectivity index (χ1) is 8.02. The third-order valence-electron chi connectivity index (χ3n) is 2.26. The molecule has 0 aliphatic heterocycles. The number of pyridine rings is 1. The lowest BCUT2D eigenvalue weighted by Crippen LogP contribution is -2.20. The molecule has 0 saturated heterocycles. The zero-order valence-electron chi connectivity index (χ0n) is 10.3. The molecule has 1 aromatic heterocycles. The van der Waals surface area contributed by atoms with Crippen molar-refractivity contribution < 1.29 is 14.6 Å². The number of aromatic nitrogens is 1. The van der Waals surface area contributed by atoms with Crippen LogP contribution >= 0.6 is 0 Å². The average molecular weight is 238 g/mol. The highest BCUT2D eigenvalue weighted by atomic mass is 16.5. The summed E-state index contributed by atoms with van der Waals surface area (Å²) in [7, 11) is 1.32. The zero-order chi connectivity index (χ0) is 12.8. The normalized spacial score (nSPS) is 13.9. The Bertz CT molecular complexity index is 380. The highest BCUT2D eigenvalue weighted by Gasteiger charge is 2.10. The number of methoxy groups -OCH3 is 1. The molecule has 0 aromatic carbocycles. The second-order valence-electron chi connectivity index (χ2n) is 4.05. The Balaban J connectivity index is 2.68. The van der Waals surface area contributed by atoms with E-state index in [0.29, 0.717) is 6.42 Å². The van der Waals surface area contributed by atoms with Gasteiger partial charge in [0.1, 0.15) is 5.69 Å². The van der Waals surface area contributed by atoms with Crippen LogP contribution in [0.25, 0.3) is 0 Å². The van der Waals surface area contributed by atoms with Gasteiger partial charge in [-0.1, -0.05) is 0 Å². The van der Waals surface area contributed by atoms with Crippen LogP contribution in [0.5, 0.6) is 0 Å². The number of esters is 1. The van der Waals surface area contributed by atoms with Crippen LogP contribution < -0.4 is 5.32 Å². The summed E-state index contributed by atoms with van der Waals surface area (Å²) < 4.78 is 4.59. The predicted molar refractivity (Wildman–Crippen MR) is 65.0 cm³/mol. The molecule has 0 spiro atoms. The molecule has 0 saturated carbocycles. The van der Waals surface area contributed by atoms with Crippen molar-refractivity contribution in [3.8, 4) is 0 Å². The van der Waals surface area contributed by atoms with E-state index in [4.69, 9.17) is 0 Å². The topological polar surface area (TPSA) is 71.5 Å². The molecule has 0 aliphatic carbocycles. The quantitative estimate of drug-likeness (QED) is 0.759. The van der Waals surface area contributed by atoms with Crippen molar-refractivity contribution in [3.63, 3.8) is 0 Å². The largest absolute Gasteiger partial charge is 0.464 e. The second-order valence-corrected chi connectivity index (χ2v) is 4.05. The van der Waals surface area contributed by atoms with Gasteiger partial charge in [0.2, 0.25) is 0 Å². The molecule has 5 heteroatoms. The minimum absolute atomic E-state index is 0.114. The molecule has 2 N–H and O–H groups in total. The zero-order valence-corrected chi connectivity index (χ0v) is 10.3. The van der Waals surface area contributed by atoms with Crippen molar-refractivity contribution in [3.05, 3.63) is 24.0 Å². The van der Waals surface area contributed by atoms with Crippen molar-refractivity contribution in [1.82, 2.24) is 4.98 Å². The smallest absolute Gasteiger partial charge is 0.356 e. The summed E-state index contributed by atoms with van der Waals surface area (Å²) in [6.07, 6.45) is 1.82. The molecule has 2 atom stereocenters. The molecule has 1 heterocycles. The monoisotopic (exact) mass is 238 g/mol. The number of hydrogen-bond donors (Lipinski definition) is 2. The first-order valence-electron chi connectivity index (χ1n) is 5.52. The molecule has 0 fully saturated rings. The number of carbonyl (C=O) groups is 1. The number of carbonyl (C=O) groups excluding carboxylic acids is 1. The maximum Gasteiger partial charge on any atom is 0.356 e. The SMILES string of the molecule is COC(=O)c1cc(NC(C)CC(C)O)ccn1. The molecule has 1 rings (SSSR count). The molecule has 0 radical (unpaired) electrons. The van der Waals surface area contributed by atoms with E-state index >= 15 is 0 Å². The Kier molecular flexibility index (Phi) is 4.90. The lowest BCUT2D eigenvalue weighted by atomic mass is 10.1. The summed E-state index contributed by atoms with van der Waals surface area (Å²) in [4.78, 5) is 15.2. The lowest BCUT2D eigenvalue weighted by Gasteiger charge is -2.16. The van der Waals surface area contributed by atoms with Gasteiger partial charge in [0.05, 0.1) is 13.2 Å². The fraction of sp³-hybridized carbons (Fsp3) is 0.500. The Morgan fingerprint density at radius 3 is 2.88 bits per heavy atom. The van der Waals surface area contributed by atoms with E-state index < -0.39 is 5.97 Å².